The van der Waals surface area contributed by atoms with Crippen LogP contribution in [0.4, 0.5) is 8.78 Å². The largest absolute Gasteiger partial charge is 0.504 e. The standard InChI is InChI=1S/C20H20F2O6S/c1-27-18-11-14(7-8-17(18)23)29(25,26)19-15(9-12(21)10-16(19)22)20(24)28-13-5-3-2-4-6-13/h7-11,13,23H,2-6H2,1H3. The third kappa shape index (κ3) is 4.34. The first kappa shape index (κ1) is 21.0. The van der Waals surface area contributed by atoms with E-state index in [1.54, 1.807) is 0 Å². The van der Waals surface area contributed by atoms with Gasteiger partial charge in [-0.05, 0) is 43.9 Å². The van der Waals surface area contributed by atoms with E-state index in [2.05, 4.69) is 0 Å². The molecule has 1 aliphatic carbocycles. The predicted octanol–water partition coefficient (Wildman–Crippen LogP) is 4.00. The second-order valence-corrected chi connectivity index (χ2v) is 8.65. The first-order valence-electron chi connectivity index (χ1n) is 9.06. The quantitative estimate of drug-likeness (QED) is 0.574. The summed E-state index contributed by atoms with van der Waals surface area (Å²) in [4.78, 5) is 11.2. The van der Waals surface area contributed by atoms with Crippen molar-refractivity contribution in [1.82, 2.24) is 0 Å². The molecular formula is C20H20F2O6S. The maximum absolute atomic E-state index is 14.6. The lowest BCUT2D eigenvalue weighted by Gasteiger charge is -2.22. The Hall–Kier alpha value is -2.68. The van der Waals surface area contributed by atoms with Crippen molar-refractivity contribution < 1.29 is 36.6 Å². The summed E-state index contributed by atoms with van der Waals surface area (Å²) in [6.07, 6.45) is 3.51. The number of hydrogen-bond acceptors (Lipinski definition) is 6. The number of carbonyl (C=O) groups is 1. The van der Waals surface area contributed by atoms with Crippen LogP contribution in [0.2, 0.25) is 0 Å². The number of halogens is 2. The molecule has 0 heterocycles. The van der Waals surface area contributed by atoms with Crippen molar-refractivity contribution in [1.29, 1.82) is 0 Å². The van der Waals surface area contributed by atoms with Crippen molar-refractivity contribution >= 4 is 15.8 Å². The van der Waals surface area contributed by atoms with Crippen molar-refractivity contribution in [2.24, 2.45) is 0 Å². The van der Waals surface area contributed by atoms with Crippen LogP contribution < -0.4 is 4.74 Å². The molecule has 1 aliphatic rings. The molecule has 1 N–H and O–H groups in total. The summed E-state index contributed by atoms with van der Waals surface area (Å²) in [6, 6.07) is 4.13. The van der Waals surface area contributed by atoms with Gasteiger partial charge in [-0.1, -0.05) is 6.42 Å². The number of phenolic OH excluding ortho intramolecular Hbond substituents is 1. The molecule has 2 aromatic carbocycles. The Bertz CT molecular complexity index is 1030. The number of hydrogen-bond donors (Lipinski definition) is 1. The molecule has 0 atom stereocenters. The Kier molecular flexibility index (Phi) is 6.07. The molecule has 0 aliphatic heterocycles. The fourth-order valence-electron chi connectivity index (χ4n) is 3.33. The van der Waals surface area contributed by atoms with E-state index < -0.39 is 48.9 Å². The Morgan fingerprint density at radius 3 is 2.45 bits per heavy atom. The molecular weight excluding hydrogens is 406 g/mol. The molecule has 3 rings (SSSR count). The molecule has 0 spiro atoms. The highest BCUT2D eigenvalue weighted by Gasteiger charge is 2.32. The van der Waals surface area contributed by atoms with E-state index in [-0.39, 0.29) is 11.5 Å². The molecule has 1 saturated carbocycles. The average Bonchev–Trinajstić information content (AvgIpc) is 2.68. The van der Waals surface area contributed by atoms with Crippen LogP contribution in [0, 0.1) is 11.6 Å². The lowest BCUT2D eigenvalue weighted by atomic mass is 9.98. The molecule has 1 fully saturated rings. The fraction of sp³-hybridized carbons (Fsp3) is 0.350. The van der Waals surface area contributed by atoms with Gasteiger partial charge < -0.3 is 14.6 Å². The van der Waals surface area contributed by atoms with Crippen molar-refractivity contribution in [3.8, 4) is 11.5 Å². The third-order valence-corrected chi connectivity index (χ3v) is 6.61. The zero-order valence-electron chi connectivity index (χ0n) is 15.7. The summed E-state index contributed by atoms with van der Waals surface area (Å²) >= 11 is 0. The van der Waals surface area contributed by atoms with Gasteiger partial charge >= 0.3 is 5.97 Å². The molecule has 0 aromatic heterocycles. The SMILES string of the molecule is COc1cc(S(=O)(=O)c2c(F)cc(F)cc2C(=O)OC2CCCCC2)ccc1O. The van der Waals surface area contributed by atoms with E-state index in [0.717, 1.165) is 37.5 Å². The van der Waals surface area contributed by atoms with E-state index in [9.17, 15) is 27.1 Å². The summed E-state index contributed by atoms with van der Waals surface area (Å²) in [5, 5.41) is 9.67. The monoisotopic (exact) mass is 426 g/mol. The lowest BCUT2D eigenvalue weighted by Crippen LogP contribution is -2.23. The normalized spacial score (nSPS) is 15.1. The molecule has 6 nitrogen and oxygen atoms in total. The van der Waals surface area contributed by atoms with Gasteiger partial charge in [0.25, 0.3) is 0 Å². The number of phenols is 1. The van der Waals surface area contributed by atoms with Crippen LogP contribution in [0.3, 0.4) is 0 Å². The van der Waals surface area contributed by atoms with Gasteiger partial charge in [0.2, 0.25) is 9.84 Å². The van der Waals surface area contributed by atoms with Crippen molar-refractivity contribution in [3.05, 3.63) is 47.5 Å². The van der Waals surface area contributed by atoms with Crippen LogP contribution in [-0.2, 0) is 14.6 Å². The van der Waals surface area contributed by atoms with Gasteiger partial charge in [0.05, 0.1) is 17.6 Å². The fourth-order valence-corrected chi connectivity index (χ4v) is 4.82. The highest BCUT2D eigenvalue weighted by molar-refractivity contribution is 7.91. The number of aromatic hydroxyl groups is 1. The zero-order chi connectivity index (χ0) is 21.2. The van der Waals surface area contributed by atoms with Crippen LogP contribution >= 0.6 is 0 Å². The van der Waals surface area contributed by atoms with Gasteiger partial charge in [0.15, 0.2) is 11.5 Å². The average molecular weight is 426 g/mol. The van der Waals surface area contributed by atoms with Gasteiger partial charge in [0, 0.05) is 12.1 Å². The minimum absolute atomic E-state index is 0.153. The van der Waals surface area contributed by atoms with E-state index >= 15 is 0 Å². The van der Waals surface area contributed by atoms with E-state index in [4.69, 9.17) is 9.47 Å². The molecule has 2 aromatic rings. The number of methoxy groups -OCH3 is 1. The minimum atomic E-state index is -4.59. The van der Waals surface area contributed by atoms with Crippen LogP contribution in [-0.4, -0.2) is 32.7 Å². The van der Waals surface area contributed by atoms with Gasteiger partial charge in [-0.15, -0.1) is 0 Å². The van der Waals surface area contributed by atoms with Gasteiger partial charge in [-0.2, -0.15) is 0 Å². The summed E-state index contributed by atoms with van der Waals surface area (Å²) < 4.78 is 64.7. The van der Waals surface area contributed by atoms with Crippen LogP contribution in [0.15, 0.2) is 40.1 Å². The third-order valence-electron chi connectivity index (χ3n) is 4.78. The number of rotatable bonds is 5. The molecule has 0 saturated heterocycles. The number of sulfone groups is 1. The first-order valence-corrected chi connectivity index (χ1v) is 10.5. The number of benzene rings is 2. The maximum Gasteiger partial charge on any atom is 0.339 e. The Morgan fingerprint density at radius 2 is 1.79 bits per heavy atom. The van der Waals surface area contributed by atoms with Crippen molar-refractivity contribution in [3.63, 3.8) is 0 Å². The summed E-state index contributed by atoms with van der Waals surface area (Å²) in [5.41, 5.74) is -0.708. The summed E-state index contributed by atoms with van der Waals surface area (Å²) in [5.74, 6) is -4.07. The molecule has 0 amide bonds. The second-order valence-electron chi connectivity index (χ2n) is 6.77. The van der Waals surface area contributed by atoms with Gasteiger partial charge in [-0.25, -0.2) is 22.0 Å². The number of carbonyl (C=O) groups excluding carboxylic acids is 1. The first-order chi connectivity index (χ1) is 13.7. The van der Waals surface area contributed by atoms with E-state index in [1.807, 2.05) is 0 Å². The summed E-state index contributed by atoms with van der Waals surface area (Å²) in [7, 11) is -3.37. The minimum Gasteiger partial charge on any atom is -0.504 e. The molecule has 9 heteroatoms. The maximum atomic E-state index is 14.6. The number of esters is 1. The number of ether oxygens (including phenoxy) is 2. The lowest BCUT2D eigenvalue weighted by molar-refractivity contribution is 0.0205. The van der Waals surface area contributed by atoms with Crippen LogP contribution in [0.5, 0.6) is 11.5 Å². The highest BCUT2D eigenvalue weighted by atomic mass is 32.2. The Morgan fingerprint density at radius 1 is 1.10 bits per heavy atom. The molecule has 0 unspecified atom stereocenters. The zero-order valence-corrected chi connectivity index (χ0v) is 16.5. The van der Waals surface area contributed by atoms with Crippen LogP contribution in [0.25, 0.3) is 0 Å². The van der Waals surface area contributed by atoms with Crippen molar-refractivity contribution in [2.45, 2.75) is 48.0 Å². The molecule has 0 bridgehead atoms. The topological polar surface area (TPSA) is 89.9 Å². The predicted molar refractivity (Wildman–Crippen MR) is 98.8 cm³/mol. The second kappa shape index (κ2) is 8.36. The van der Waals surface area contributed by atoms with E-state index in [0.29, 0.717) is 25.0 Å². The molecule has 0 radical (unpaired) electrons. The smallest absolute Gasteiger partial charge is 0.339 e. The van der Waals surface area contributed by atoms with Gasteiger partial charge in [-0.3, -0.25) is 0 Å². The van der Waals surface area contributed by atoms with Gasteiger partial charge in [0.1, 0.15) is 22.6 Å². The van der Waals surface area contributed by atoms with Crippen molar-refractivity contribution in [2.75, 3.05) is 7.11 Å². The summed E-state index contributed by atoms with van der Waals surface area (Å²) in [6.45, 7) is 0. The highest BCUT2D eigenvalue weighted by Crippen LogP contribution is 2.34. The van der Waals surface area contributed by atoms with E-state index in [1.165, 1.54) is 7.11 Å². The molecule has 156 valence electrons. The Labute approximate surface area is 167 Å². The molecule has 29 heavy (non-hydrogen) atoms. The van der Waals surface area contributed by atoms with Crippen LogP contribution in [0.1, 0.15) is 42.5 Å². The Balaban J connectivity index is 2.07.